The summed E-state index contributed by atoms with van der Waals surface area (Å²) in [6.07, 6.45) is 0.865. The predicted molar refractivity (Wildman–Crippen MR) is 155 cm³/mol. The average Bonchev–Trinajstić information content (AvgIpc) is 2.92. The van der Waals surface area contributed by atoms with Crippen LogP contribution in [0.15, 0.2) is 60.7 Å². The Hall–Kier alpha value is -3.92. The number of carbonyl (C=O) groups is 2. The van der Waals surface area contributed by atoms with Crippen LogP contribution in [0.5, 0.6) is 11.5 Å². The van der Waals surface area contributed by atoms with E-state index in [1.165, 1.54) is 11.6 Å². The van der Waals surface area contributed by atoms with Gasteiger partial charge in [-0.05, 0) is 49.7 Å². The molecule has 1 saturated heterocycles. The third kappa shape index (κ3) is 7.59. The van der Waals surface area contributed by atoms with Gasteiger partial charge in [-0.25, -0.2) is 0 Å². The van der Waals surface area contributed by atoms with Crippen LogP contribution in [-0.2, 0) is 19.6 Å². The molecule has 4 rings (SSSR count). The first-order valence-corrected chi connectivity index (χ1v) is 13.6. The second-order valence-corrected chi connectivity index (χ2v) is 10.5. The number of benzene rings is 3. The summed E-state index contributed by atoms with van der Waals surface area (Å²) < 4.78 is 0. The number of carbonyl (C=O) groups excluding carboxylic acids is 2. The highest BCUT2D eigenvalue weighted by Gasteiger charge is 2.20. The van der Waals surface area contributed by atoms with Crippen molar-refractivity contribution in [1.82, 2.24) is 14.7 Å². The first kappa shape index (κ1) is 29.1. The maximum Gasteiger partial charge on any atom is 0.252 e. The molecule has 0 bridgehead atoms. The molecule has 3 aromatic rings. The van der Waals surface area contributed by atoms with Crippen LogP contribution in [0.2, 0.25) is 0 Å². The number of rotatable bonds is 8. The summed E-state index contributed by atoms with van der Waals surface area (Å²) in [5.74, 6) is -1.40. The summed E-state index contributed by atoms with van der Waals surface area (Å²) in [6.45, 7) is 8.47. The summed E-state index contributed by atoms with van der Waals surface area (Å²) >= 11 is 0. The minimum absolute atomic E-state index is 0.0530. The number of nitrogens with zero attached hydrogens (tertiary/aromatic N) is 3. The minimum Gasteiger partial charge on any atom is -0.507 e. The molecule has 1 aliphatic rings. The van der Waals surface area contributed by atoms with E-state index in [2.05, 4.69) is 26.8 Å². The van der Waals surface area contributed by atoms with Gasteiger partial charge < -0.3 is 21.7 Å². The molecule has 0 aliphatic carbocycles. The number of hydrogen-bond donors (Lipinski definition) is 4. The lowest BCUT2D eigenvalue weighted by molar-refractivity contribution is 0.0988. The summed E-state index contributed by atoms with van der Waals surface area (Å²) in [5, 5.41) is 21.5. The molecular weight excluding hydrogens is 506 g/mol. The summed E-state index contributed by atoms with van der Waals surface area (Å²) in [5.41, 5.74) is 14.7. The van der Waals surface area contributed by atoms with Gasteiger partial charge in [0.05, 0.1) is 11.1 Å². The minimum atomic E-state index is -0.649. The third-order valence-corrected chi connectivity index (χ3v) is 7.43. The van der Waals surface area contributed by atoms with E-state index in [-0.39, 0.29) is 22.6 Å². The Labute approximate surface area is 235 Å². The second kappa shape index (κ2) is 13.4. The fourth-order valence-electron chi connectivity index (χ4n) is 5.30. The first-order chi connectivity index (χ1) is 19.2. The fourth-order valence-corrected chi connectivity index (χ4v) is 5.30. The van der Waals surface area contributed by atoms with Crippen LogP contribution < -0.4 is 11.5 Å². The van der Waals surface area contributed by atoms with Crippen molar-refractivity contribution in [3.63, 3.8) is 0 Å². The quantitative estimate of drug-likeness (QED) is 0.342. The molecule has 0 unspecified atom stereocenters. The Kier molecular flexibility index (Phi) is 9.76. The number of aryl methyl sites for hydroxylation is 1. The SMILES string of the molecule is Cc1cc(CN2CCCN(Cc3cccc(C(N)=O)c3O)CCN(Cc3ccccc3)CC2)c(O)c(C(N)=O)c1. The number of phenols is 2. The second-order valence-electron chi connectivity index (χ2n) is 10.5. The first-order valence-electron chi connectivity index (χ1n) is 13.6. The van der Waals surface area contributed by atoms with Crippen LogP contribution in [0.3, 0.4) is 0 Å². The highest BCUT2D eigenvalue weighted by atomic mass is 16.3. The van der Waals surface area contributed by atoms with E-state index in [0.29, 0.717) is 24.2 Å². The van der Waals surface area contributed by atoms with Crippen LogP contribution in [0, 0.1) is 6.92 Å². The molecule has 1 fully saturated rings. The van der Waals surface area contributed by atoms with Crippen LogP contribution in [0.1, 0.15) is 49.4 Å². The van der Waals surface area contributed by atoms with Crippen molar-refractivity contribution in [1.29, 1.82) is 0 Å². The van der Waals surface area contributed by atoms with Crippen molar-refractivity contribution in [3.8, 4) is 11.5 Å². The molecule has 40 heavy (non-hydrogen) atoms. The Balaban J connectivity index is 1.54. The van der Waals surface area contributed by atoms with Gasteiger partial charge in [0.25, 0.3) is 11.8 Å². The molecule has 0 saturated carbocycles. The fraction of sp³-hybridized carbons (Fsp3) is 0.355. The normalized spacial score (nSPS) is 16.0. The van der Waals surface area contributed by atoms with E-state index in [4.69, 9.17) is 11.5 Å². The van der Waals surface area contributed by atoms with Crippen molar-refractivity contribution in [2.45, 2.75) is 33.0 Å². The number of nitrogens with two attached hydrogens (primary N) is 2. The smallest absolute Gasteiger partial charge is 0.252 e. The van der Waals surface area contributed by atoms with Crippen molar-refractivity contribution in [2.24, 2.45) is 11.5 Å². The van der Waals surface area contributed by atoms with Gasteiger partial charge in [0.2, 0.25) is 0 Å². The van der Waals surface area contributed by atoms with Crippen LogP contribution in [-0.4, -0.2) is 76.0 Å². The van der Waals surface area contributed by atoms with Gasteiger partial charge in [-0.15, -0.1) is 0 Å². The summed E-state index contributed by atoms with van der Waals surface area (Å²) in [7, 11) is 0. The molecule has 0 radical (unpaired) electrons. The zero-order chi connectivity index (χ0) is 28.6. The van der Waals surface area contributed by atoms with Gasteiger partial charge >= 0.3 is 0 Å². The zero-order valence-electron chi connectivity index (χ0n) is 23.1. The summed E-state index contributed by atoms with van der Waals surface area (Å²) in [4.78, 5) is 30.6. The topological polar surface area (TPSA) is 136 Å². The van der Waals surface area contributed by atoms with Crippen molar-refractivity contribution in [2.75, 3.05) is 39.3 Å². The highest BCUT2D eigenvalue weighted by molar-refractivity contribution is 5.96. The third-order valence-electron chi connectivity index (χ3n) is 7.43. The number of hydrogen-bond acceptors (Lipinski definition) is 7. The van der Waals surface area contributed by atoms with E-state index >= 15 is 0 Å². The lowest BCUT2D eigenvalue weighted by Gasteiger charge is -2.33. The molecule has 1 heterocycles. The molecule has 3 aromatic carbocycles. The van der Waals surface area contributed by atoms with Gasteiger partial charge in [0.15, 0.2) is 0 Å². The lowest BCUT2D eigenvalue weighted by atomic mass is 10.0. The molecule has 0 aromatic heterocycles. The van der Waals surface area contributed by atoms with E-state index in [1.807, 2.05) is 37.3 Å². The molecule has 0 spiro atoms. The molecule has 9 nitrogen and oxygen atoms in total. The molecule has 6 N–H and O–H groups in total. The predicted octanol–water partition coefficient (Wildman–Crippen LogP) is 2.81. The number of para-hydroxylation sites is 1. The van der Waals surface area contributed by atoms with Gasteiger partial charge in [-0.1, -0.05) is 48.5 Å². The standard InChI is InChI=1S/C31H39N5O4/c1-22-17-25(29(38)27(18-22)31(33)40)21-35-12-6-11-34(20-24-9-5-10-26(28(24)37)30(32)39)13-15-36(16-14-35)19-23-7-3-2-4-8-23/h2-5,7-10,17-18,37-38H,6,11-16,19-21H2,1H3,(H2,32,39)(H2,33,40). The van der Waals surface area contributed by atoms with E-state index in [9.17, 15) is 19.8 Å². The molecule has 9 heteroatoms. The molecule has 2 amide bonds. The summed E-state index contributed by atoms with van der Waals surface area (Å²) in [6, 6.07) is 19.0. The maximum atomic E-state index is 11.9. The Morgan fingerprint density at radius 2 is 1.23 bits per heavy atom. The van der Waals surface area contributed by atoms with Crippen molar-refractivity contribution < 1.29 is 19.8 Å². The number of amides is 2. The lowest BCUT2D eigenvalue weighted by Crippen LogP contribution is -2.42. The molecule has 212 valence electrons. The van der Waals surface area contributed by atoms with Crippen LogP contribution in [0.4, 0.5) is 0 Å². The highest BCUT2D eigenvalue weighted by Crippen LogP contribution is 2.27. The van der Waals surface area contributed by atoms with Gasteiger partial charge in [0.1, 0.15) is 11.5 Å². The molecule has 0 atom stereocenters. The average molecular weight is 546 g/mol. The van der Waals surface area contributed by atoms with Crippen LogP contribution >= 0.6 is 0 Å². The Morgan fingerprint density at radius 3 is 1.82 bits per heavy atom. The zero-order valence-corrected chi connectivity index (χ0v) is 23.1. The Morgan fingerprint density at radius 1 is 0.675 bits per heavy atom. The van der Waals surface area contributed by atoms with Crippen molar-refractivity contribution in [3.05, 3.63) is 94.0 Å². The van der Waals surface area contributed by atoms with E-state index in [0.717, 1.165) is 57.8 Å². The van der Waals surface area contributed by atoms with Gasteiger partial charge in [0, 0.05) is 56.9 Å². The number of primary amides is 2. The monoisotopic (exact) mass is 545 g/mol. The Bertz CT molecular complexity index is 1330. The number of aromatic hydroxyl groups is 2. The van der Waals surface area contributed by atoms with Gasteiger partial charge in [-0.3, -0.25) is 24.3 Å². The molecular formula is C31H39N5O4. The van der Waals surface area contributed by atoms with Crippen LogP contribution in [0.25, 0.3) is 0 Å². The maximum absolute atomic E-state index is 11.9. The van der Waals surface area contributed by atoms with Crippen molar-refractivity contribution >= 4 is 11.8 Å². The molecule has 1 aliphatic heterocycles. The van der Waals surface area contributed by atoms with E-state index < -0.39 is 11.8 Å². The van der Waals surface area contributed by atoms with E-state index in [1.54, 1.807) is 12.1 Å². The largest absolute Gasteiger partial charge is 0.507 e. The van der Waals surface area contributed by atoms with Gasteiger partial charge in [-0.2, -0.15) is 0 Å².